The van der Waals surface area contributed by atoms with E-state index in [0.717, 1.165) is 13.0 Å². The van der Waals surface area contributed by atoms with Gasteiger partial charge in [-0.25, -0.2) is 4.39 Å². The maximum atomic E-state index is 14.1. The molecule has 3 rings (SSSR count). The number of ether oxygens (including phenoxy) is 2. The Kier molecular flexibility index (Phi) is 5.32. The van der Waals surface area contributed by atoms with E-state index in [-0.39, 0.29) is 35.4 Å². The molecule has 1 heterocycles. The number of nitrogens with one attached hydrogen (secondary N) is 2. The molecule has 2 aliphatic rings. The van der Waals surface area contributed by atoms with E-state index in [4.69, 9.17) is 4.74 Å². The zero-order chi connectivity index (χ0) is 18.9. The first-order valence-corrected chi connectivity index (χ1v) is 8.65. The molecule has 2 fully saturated rings. The van der Waals surface area contributed by atoms with Crippen molar-refractivity contribution >= 4 is 5.96 Å². The first-order chi connectivity index (χ1) is 12.3. The maximum absolute atomic E-state index is 14.1. The first kappa shape index (κ1) is 18.8. The van der Waals surface area contributed by atoms with Crippen molar-refractivity contribution in [2.24, 2.45) is 16.3 Å². The molecule has 3 unspecified atom stereocenters. The highest BCUT2D eigenvalue weighted by atomic mass is 19.3. The SMILES string of the molecule is CN=C(NCc1c(F)cccc1OC(F)F)NC1C2CCOC2C1(C)C. The molecule has 0 bridgehead atoms. The zero-order valence-corrected chi connectivity index (χ0v) is 15.1. The fourth-order valence-corrected chi connectivity index (χ4v) is 4.05. The van der Waals surface area contributed by atoms with Crippen LogP contribution in [-0.2, 0) is 11.3 Å². The van der Waals surface area contributed by atoms with Gasteiger partial charge in [0.15, 0.2) is 5.96 Å². The Hall–Kier alpha value is -1.96. The van der Waals surface area contributed by atoms with Crippen molar-refractivity contribution in [3.05, 3.63) is 29.6 Å². The molecule has 1 saturated carbocycles. The minimum atomic E-state index is -3.01. The van der Waals surface area contributed by atoms with E-state index in [0.29, 0.717) is 11.9 Å². The predicted octanol–water partition coefficient (Wildman–Crippen LogP) is 2.91. The lowest BCUT2D eigenvalue weighted by atomic mass is 9.57. The normalized spacial score (nSPS) is 27.0. The number of rotatable bonds is 5. The van der Waals surface area contributed by atoms with Crippen LogP contribution in [0, 0.1) is 17.2 Å². The average molecular weight is 371 g/mol. The van der Waals surface area contributed by atoms with Gasteiger partial charge in [-0.2, -0.15) is 8.78 Å². The number of hydrogen-bond acceptors (Lipinski definition) is 3. The van der Waals surface area contributed by atoms with Crippen LogP contribution in [0.1, 0.15) is 25.8 Å². The van der Waals surface area contributed by atoms with E-state index in [9.17, 15) is 13.2 Å². The quantitative estimate of drug-likeness (QED) is 0.617. The van der Waals surface area contributed by atoms with Crippen molar-refractivity contribution in [1.29, 1.82) is 0 Å². The summed E-state index contributed by atoms with van der Waals surface area (Å²) < 4.78 is 49.3. The lowest BCUT2D eigenvalue weighted by Crippen LogP contribution is -2.67. The van der Waals surface area contributed by atoms with Gasteiger partial charge in [-0.1, -0.05) is 19.9 Å². The Morgan fingerprint density at radius 3 is 2.88 bits per heavy atom. The van der Waals surface area contributed by atoms with Crippen molar-refractivity contribution in [1.82, 2.24) is 10.6 Å². The van der Waals surface area contributed by atoms with Crippen LogP contribution in [0.15, 0.2) is 23.2 Å². The molecule has 5 nitrogen and oxygen atoms in total. The summed E-state index contributed by atoms with van der Waals surface area (Å²) in [6.07, 6.45) is 1.22. The molecule has 0 spiro atoms. The third kappa shape index (κ3) is 3.47. The van der Waals surface area contributed by atoms with E-state index < -0.39 is 12.4 Å². The molecular weight excluding hydrogens is 347 g/mol. The minimum absolute atomic E-state index is 0.0217. The number of guanidine groups is 1. The van der Waals surface area contributed by atoms with Crippen molar-refractivity contribution in [3.8, 4) is 5.75 Å². The molecule has 0 aromatic heterocycles. The van der Waals surface area contributed by atoms with Crippen molar-refractivity contribution < 1.29 is 22.6 Å². The number of benzene rings is 1. The van der Waals surface area contributed by atoms with Crippen LogP contribution in [0.3, 0.4) is 0 Å². The monoisotopic (exact) mass is 371 g/mol. The predicted molar refractivity (Wildman–Crippen MR) is 91.8 cm³/mol. The van der Waals surface area contributed by atoms with E-state index in [1.54, 1.807) is 7.05 Å². The van der Waals surface area contributed by atoms with Crippen LogP contribution in [0.2, 0.25) is 0 Å². The number of nitrogens with zero attached hydrogens (tertiary/aromatic N) is 1. The Balaban J connectivity index is 1.65. The van der Waals surface area contributed by atoms with Crippen LogP contribution in [-0.4, -0.2) is 38.4 Å². The van der Waals surface area contributed by atoms with Gasteiger partial charge in [-0.15, -0.1) is 0 Å². The molecule has 144 valence electrons. The molecule has 1 aliphatic heterocycles. The van der Waals surface area contributed by atoms with Gasteiger partial charge in [0.2, 0.25) is 0 Å². The average Bonchev–Trinajstić information content (AvgIpc) is 3.03. The Morgan fingerprint density at radius 2 is 2.19 bits per heavy atom. The maximum Gasteiger partial charge on any atom is 0.387 e. The second kappa shape index (κ2) is 7.34. The summed E-state index contributed by atoms with van der Waals surface area (Å²) in [5.41, 5.74) is -0.00789. The van der Waals surface area contributed by atoms with Gasteiger partial charge in [-0.05, 0) is 18.6 Å². The van der Waals surface area contributed by atoms with Gasteiger partial charge in [0.05, 0.1) is 6.10 Å². The highest BCUT2D eigenvalue weighted by molar-refractivity contribution is 5.80. The number of alkyl halides is 2. The molecule has 1 aliphatic carbocycles. The van der Waals surface area contributed by atoms with E-state index in [1.165, 1.54) is 18.2 Å². The van der Waals surface area contributed by atoms with Crippen molar-refractivity contribution in [3.63, 3.8) is 0 Å². The van der Waals surface area contributed by atoms with Crippen LogP contribution < -0.4 is 15.4 Å². The minimum Gasteiger partial charge on any atom is -0.434 e. The van der Waals surface area contributed by atoms with Crippen molar-refractivity contribution in [2.45, 2.75) is 45.6 Å². The van der Waals surface area contributed by atoms with Crippen LogP contribution >= 0.6 is 0 Å². The third-order valence-corrected chi connectivity index (χ3v) is 5.34. The van der Waals surface area contributed by atoms with Crippen LogP contribution in [0.5, 0.6) is 5.75 Å². The molecule has 3 atom stereocenters. The second-order valence-corrected chi connectivity index (χ2v) is 7.21. The van der Waals surface area contributed by atoms with Gasteiger partial charge >= 0.3 is 6.61 Å². The van der Waals surface area contributed by atoms with Crippen LogP contribution in [0.4, 0.5) is 13.2 Å². The summed E-state index contributed by atoms with van der Waals surface area (Å²) in [4.78, 5) is 4.17. The highest BCUT2D eigenvalue weighted by Crippen LogP contribution is 2.52. The summed E-state index contributed by atoms with van der Waals surface area (Å²) in [6.45, 7) is 1.99. The second-order valence-electron chi connectivity index (χ2n) is 7.21. The van der Waals surface area contributed by atoms with E-state index in [2.05, 4.69) is 34.2 Å². The topological polar surface area (TPSA) is 54.9 Å². The van der Waals surface area contributed by atoms with Crippen molar-refractivity contribution in [2.75, 3.05) is 13.7 Å². The number of aliphatic imine (C=N–C) groups is 1. The molecule has 8 heteroatoms. The largest absolute Gasteiger partial charge is 0.434 e. The molecule has 1 aromatic carbocycles. The number of fused-ring (bicyclic) bond motifs is 1. The molecule has 1 saturated heterocycles. The zero-order valence-electron chi connectivity index (χ0n) is 15.1. The smallest absolute Gasteiger partial charge is 0.387 e. The van der Waals surface area contributed by atoms with Gasteiger partial charge < -0.3 is 20.1 Å². The first-order valence-electron chi connectivity index (χ1n) is 8.65. The third-order valence-electron chi connectivity index (χ3n) is 5.34. The molecule has 1 aromatic rings. The molecule has 26 heavy (non-hydrogen) atoms. The lowest BCUT2D eigenvalue weighted by molar-refractivity contribution is -0.106. The number of halogens is 3. The van der Waals surface area contributed by atoms with Gasteiger partial charge in [0, 0.05) is 43.1 Å². The van der Waals surface area contributed by atoms with Gasteiger partial charge in [-0.3, -0.25) is 4.99 Å². The molecule has 0 amide bonds. The van der Waals surface area contributed by atoms with E-state index in [1.807, 2.05) is 0 Å². The number of hydrogen-bond donors (Lipinski definition) is 2. The Labute approximate surface area is 151 Å². The summed E-state index contributed by atoms with van der Waals surface area (Å²) in [6, 6.07) is 4.04. The fourth-order valence-electron chi connectivity index (χ4n) is 4.05. The lowest BCUT2D eigenvalue weighted by Gasteiger charge is -2.54. The fraction of sp³-hybridized carbons (Fsp3) is 0.611. The van der Waals surface area contributed by atoms with Gasteiger partial charge in [0.1, 0.15) is 11.6 Å². The standard InChI is InChI=1S/C18H24F3N3O2/c1-18(2)14(10-7-8-25-15(10)18)24-17(22-3)23-9-11-12(19)5-4-6-13(11)26-16(20)21/h4-6,10,14-16H,7-9H2,1-3H3,(H2,22,23,24). The van der Waals surface area contributed by atoms with Gasteiger partial charge in [0.25, 0.3) is 0 Å². The van der Waals surface area contributed by atoms with Crippen LogP contribution in [0.25, 0.3) is 0 Å². The highest BCUT2D eigenvalue weighted by Gasteiger charge is 2.59. The molecule has 0 radical (unpaired) electrons. The summed E-state index contributed by atoms with van der Waals surface area (Å²) in [5.74, 6) is 0.102. The Morgan fingerprint density at radius 1 is 1.42 bits per heavy atom. The summed E-state index contributed by atoms with van der Waals surface area (Å²) in [5, 5.41) is 6.35. The van der Waals surface area contributed by atoms with E-state index >= 15 is 0 Å². The molecule has 2 N–H and O–H groups in total. The summed E-state index contributed by atoms with van der Waals surface area (Å²) >= 11 is 0. The summed E-state index contributed by atoms with van der Waals surface area (Å²) in [7, 11) is 1.61. The Bertz CT molecular complexity index is 682. The molecular formula is C18H24F3N3O2.